The van der Waals surface area contributed by atoms with Crippen LogP contribution in [0.25, 0.3) is 11.1 Å². The zero-order valence-electron chi connectivity index (χ0n) is 27.5. The van der Waals surface area contributed by atoms with Gasteiger partial charge in [0, 0.05) is 23.3 Å². The summed E-state index contributed by atoms with van der Waals surface area (Å²) < 4.78 is 36.0. The highest BCUT2D eigenvalue weighted by Gasteiger charge is 2.26. The second-order valence-corrected chi connectivity index (χ2v) is 11.3. The highest BCUT2D eigenvalue weighted by molar-refractivity contribution is 6.14. The van der Waals surface area contributed by atoms with E-state index in [4.69, 9.17) is 18.9 Å². The number of imide groups is 1. The maximum absolute atomic E-state index is 15.1. The minimum absolute atomic E-state index is 0.0456. The van der Waals surface area contributed by atoms with Crippen LogP contribution in [-0.2, 0) is 57.8 Å². The van der Waals surface area contributed by atoms with Gasteiger partial charge in [0.15, 0.2) is 11.6 Å². The van der Waals surface area contributed by atoms with Gasteiger partial charge in [-0.1, -0.05) is 49.6 Å². The number of halogens is 1. The Hall–Kier alpha value is -6.17. The Morgan fingerprint density at radius 2 is 1.34 bits per heavy atom. The number of ether oxygens (including phenoxy) is 4. The Morgan fingerprint density at radius 1 is 0.740 bits per heavy atom. The summed E-state index contributed by atoms with van der Waals surface area (Å²) in [5.41, 5.74) is 3.46. The first-order chi connectivity index (χ1) is 23.8. The molecule has 0 radical (unpaired) electrons. The first kappa shape index (κ1) is 36.7. The molecule has 3 aromatic carbocycles. The molecule has 50 heavy (non-hydrogen) atoms. The van der Waals surface area contributed by atoms with Gasteiger partial charge in [-0.15, -0.1) is 0 Å². The molecule has 11 nitrogen and oxygen atoms in total. The summed E-state index contributed by atoms with van der Waals surface area (Å²) in [4.78, 5) is 72.7. The van der Waals surface area contributed by atoms with Crippen LogP contribution in [0.2, 0.25) is 0 Å². The summed E-state index contributed by atoms with van der Waals surface area (Å²) >= 11 is 0. The van der Waals surface area contributed by atoms with Gasteiger partial charge in [0.05, 0.1) is 12.2 Å². The Labute approximate surface area is 287 Å². The Kier molecular flexibility index (Phi) is 12.3. The molecule has 0 saturated carbocycles. The lowest BCUT2D eigenvalue weighted by Gasteiger charge is -2.13. The molecule has 1 aliphatic heterocycles. The van der Waals surface area contributed by atoms with Crippen LogP contribution in [0, 0.1) is 5.82 Å². The number of esters is 4. The molecule has 4 rings (SSSR count). The lowest BCUT2D eigenvalue weighted by atomic mass is 10.0. The standard InChI is InChI=1S/C38H34FNO10/c1-23(2)36(44)48-21-29-12-11-28(18-30(29)22-49-37(45)24(3)4)38(46)50-32-14-13-27(19-31(32)39)26-9-7-25(8-10-26)6-5-17-47-35(43)20-40-33(41)15-16-34(40)42/h7-16,18-19H,1,3,5-6,17,20-22H2,2,4H3. The summed E-state index contributed by atoms with van der Waals surface area (Å²) in [5, 5.41) is 0. The van der Waals surface area contributed by atoms with Gasteiger partial charge in [-0.05, 0) is 78.8 Å². The lowest BCUT2D eigenvalue weighted by Crippen LogP contribution is -2.35. The summed E-state index contributed by atoms with van der Waals surface area (Å²) in [7, 11) is 0. The van der Waals surface area contributed by atoms with Crippen LogP contribution in [0.15, 0.2) is 97.1 Å². The Bertz CT molecular complexity index is 1880. The van der Waals surface area contributed by atoms with E-state index in [1.54, 1.807) is 18.2 Å². The van der Waals surface area contributed by atoms with E-state index in [9.17, 15) is 28.8 Å². The summed E-state index contributed by atoms with van der Waals surface area (Å²) in [6.45, 7) is 9.31. The molecule has 12 heteroatoms. The van der Waals surface area contributed by atoms with E-state index in [1.165, 1.54) is 44.2 Å². The molecule has 1 aliphatic rings. The molecule has 3 aromatic rings. The maximum Gasteiger partial charge on any atom is 0.343 e. The molecule has 0 bridgehead atoms. The number of hydrogen-bond acceptors (Lipinski definition) is 10. The van der Waals surface area contributed by atoms with Gasteiger partial charge in [0.25, 0.3) is 11.8 Å². The highest BCUT2D eigenvalue weighted by Crippen LogP contribution is 2.27. The molecular formula is C38H34FNO10. The van der Waals surface area contributed by atoms with Gasteiger partial charge in [0.1, 0.15) is 19.8 Å². The van der Waals surface area contributed by atoms with E-state index >= 15 is 4.39 Å². The topological polar surface area (TPSA) is 143 Å². The molecule has 0 N–H and O–H groups in total. The Balaban J connectivity index is 1.34. The minimum Gasteiger partial charge on any atom is -0.464 e. The summed E-state index contributed by atoms with van der Waals surface area (Å²) in [6.07, 6.45) is 3.28. The molecule has 0 aromatic heterocycles. The number of amides is 2. The molecule has 258 valence electrons. The molecule has 0 aliphatic carbocycles. The molecule has 2 amide bonds. The van der Waals surface area contributed by atoms with Gasteiger partial charge in [0.2, 0.25) is 0 Å². The molecule has 0 unspecified atom stereocenters. The first-order valence-corrected chi connectivity index (χ1v) is 15.4. The van der Waals surface area contributed by atoms with E-state index < -0.39 is 48.1 Å². The van der Waals surface area contributed by atoms with E-state index in [0.29, 0.717) is 35.1 Å². The van der Waals surface area contributed by atoms with Crippen molar-refractivity contribution < 1.29 is 52.1 Å². The van der Waals surface area contributed by atoms with Crippen LogP contribution < -0.4 is 4.74 Å². The number of carbonyl (C=O) groups is 6. The van der Waals surface area contributed by atoms with E-state index in [-0.39, 0.29) is 42.3 Å². The number of hydrogen-bond donors (Lipinski definition) is 0. The fourth-order valence-electron chi connectivity index (χ4n) is 4.57. The average Bonchev–Trinajstić information content (AvgIpc) is 3.41. The third-order valence-corrected chi connectivity index (χ3v) is 7.34. The fourth-order valence-corrected chi connectivity index (χ4v) is 4.57. The van der Waals surface area contributed by atoms with Crippen LogP contribution in [0.5, 0.6) is 5.75 Å². The maximum atomic E-state index is 15.1. The third-order valence-electron chi connectivity index (χ3n) is 7.34. The summed E-state index contributed by atoms with van der Waals surface area (Å²) in [6, 6.07) is 15.8. The average molecular weight is 684 g/mol. The largest absolute Gasteiger partial charge is 0.464 e. The number of nitrogens with zero attached hydrogens (tertiary/aromatic N) is 1. The van der Waals surface area contributed by atoms with Crippen molar-refractivity contribution in [3.63, 3.8) is 0 Å². The van der Waals surface area contributed by atoms with Crippen molar-refractivity contribution in [2.45, 2.75) is 39.9 Å². The van der Waals surface area contributed by atoms with Crippen molar-refractivity contribution in [1.82, 2.24) is 4.90 Å². The van der Waals surface area contributed by atoms with Crippen LogP contribution in [-0.4, -0.2) is 53.7 Å². The SMILES string of the molecule is C=C(C)C(=O)OCc1ccc(C(=O)Oc2ccc(-c3ccc(CCCOC(=O)CN4C(=O)C=CC4=O)cc3)cc2F)cc1COC(=O)C(=C)C. The van der Waals surface area contributed by atoms with E-state index in [2.05, 4.69) is 13.2 Å². The molecule has 0 fully saturated rings. The minimum atomic E-state index is -0.861. The van der Waals surface area contributed by atoms with Crippen LogP contribution in [0.3, 0.4) is 0 Å². The molecule has 0 saturated heterocycles. The van der Waals surface area contributed by atoms with Gasteiger partial charge in [-0.2, -0.15) is 0 Å². The zero-order valence-corrected chi connectivity index (χ0v) is 27.5. The highest BCUT2D eigenvalue weighted by atomic mass is 19.1. The lowest BCUT2D eigenvalue weighted by molar-refractivity contribution is -0.151. The molecule has 1 heterocycles. The Morgan fingerprint density at radius 3 is 1.94 bits per heavy atom. The van der Waals surface area contributed by atoms with Gasteiger partial charge >= 0.3 is 23.9 Å². The monoisotopic (exact) mass is 683 g/mol. The predicted molar refractivity (Wildman–Crippen MR) is 178 cm³/mol. The van der Waals surface area contributed by atoms with Gasteiger partial charge in [-0.25, -0.2) is 18.8 Å². The van der Waals surface area contributed by atoms with Crippen molar-refractivity contribution in [2.75, 3.05) is 13.2 Å². The normalized spacial score (nSPS) is 12.0. The third kappa shape index (κ3) is 9.92. The number of rotatable bonds is 15. The van der Waals surface area contributed by atoms with E-state index in [0.717, 1.165) is 22.6 Å². The quantitative estimate of drug-likeness (QED) is 0.0514. The zero-order chi connectivity index (χ0) is 36.4. The van der Waals surface area contributed by atoms with Crippen LogP contribution in [0.4, 0.5) is 4.39 Å². The number of carbonyl (C=O) groups excluding carboxylic acids is 6. The van der Waals surface area contributed by atoms with Crippen molar-refractivity contribution in [1.29, 1.82) is 0 Å². The fraction of sp³-hybridized carbons (Fsp3) is 0.211. The predicted octanol–water partition coefficient (Wildman–Crippen LogP) is 5.35. The molecular weight excluding hydrogens is 649 g/mol. The first-order valence-electron chi connectivity index (χ1n) is 15.4. The van der Waals surface area contributed by atoms with Crippen molar-refractivity contribution in [3.8, 4) is 16.9 Å². The number of benzene rings is 3. The van der Waals surface area contributed by atoms with Crippen molar-refractivity contribution in [3.05, 3.63) is 125 Å². The molecule has 0 spiro atoms. The van der Waals surface area contributed by atoms with E-state index in [1.807, 2.05) is 12.1 Å². The molecule has 0 atom stereocenters. The smallest absolute Gasteiger partial charge is 0.343 e. The summed E-state index contributed by atoms with van der Waals surface area (Å²) in [5.74, 6) is -4.97. The van der Waals surface area contributed by atoms with Gasteiger partial charge in [-0.3, -0.25) is 19.3 Å². The van der Waals surface area contributed by atoms with Crippen LogP contribution in [0.1, 0.15) is 47.3 Å². The second-order valence-electron chi connectivity index (χ2n) is 11.3. The van der Waals surface area contributed by atoms with Gasteiger partial charge < -0.3 is 18.9 Å². The number of aryl methyl sites for hydroxylation is 1. The van der Waals surface area contributed by atoms with Crippen LogP contribution >= 0.6 is 0 Å². The second kappa shape index (κ2) is 16.8. The van der Waals surface area contributed by atoms with Crippen molar-refractivity contribution >= 4 is 35.7 Å². The van der Waals surface area contributed by atoms with Crippen molar-refractivity contribution in [2.24, 2.45) is 0 Å².